The normalized spacial score (nSPS) is 12.9. The summed E-state index contributed by atoms with van der Waals surface area (Å²) in [5, 5.41) is 46.0. The zero-order valence-corrected chi connectivity index (χ0v) is 51.7. The van der Waals surface area contributed by atoms with Crippen molar-refractivity contribution in [3.8, 4) is 28.7 Å². The van der Waals surface area contributed by atoms with Gasteiger partial charge in [0.15, 0.2) is 11.6 Å². The summed E-state index contributed by atoms with van der Waals surface area (Å²) >= 11 is 12.0. The van der Waals surface area contributed by atoms with Gasteiger partial charge in [0.2, 0.25) is 0 Å². The van der Waals surface area contributed by atoms with Crippen LogP contribution in [0.25, 0.3) is 0 Å². The van der Waals surface area contributed by atoms with Gasteiger partial charge in [-0.2, -0.15) is 0 Å². The van der Waals surface area contributed by atoms with Crippen LogP contribution in [0.1, 0.15) is 162 Å². The minimum absolute atomic E-state index is 0.00155. The molecule has 5 aromatic carbocycles. The van der Waals surface area contributed by atoms with Crippen molar-refractivity contribution in [3.63, 3.8) is 0 Å². The molecule has 0 aliphatic heterocycles. The summed E-state index contributed by atoms with van der Waals surface area (Å²) in [7, 11) is 0. The third-order valence-corrected chi connectivity index (χ3v) is 13.1. The number of halogens is 5. The van der Waals surface area contributed by atoms with Crippen LogP contribution in [0.2, 0.25) is 10.0 Å². The Morgan fingerprint density at radius 1 is 0.407 bits per heavy atom. The maximum atomic E-state index is 13.6. The lowest BCUT2D eigenvalue weighted by Gasteiger charge is -2.17. The van der Waals surface area contributed by atoms with Gasteiger partial charge in [0.1, 0.15) is 65.1 Å². The molecule has 0 aliphatic carbocycles. The molecule has 6 unspecified atom stereocenters. The van der Waals surface area contributed by atoms with Crippen molar-refractivity contribution in [1.82, 2.24) is 0 Å². The van der Waals surface area contributed by atoms with Gasteiger partial charge < -0.3 is 49.2 Å². The Balaban J connectivity index is 0.000000506. The van der Waals surface area contributed by atoms with Gasteiger partial charge in [-0.3, -0.25) is 0 Å². The molecule has 0 heterocycles. The molecule has 0 bridgehead atoms. The number of aryl methyl sites for hydroxylation is 3. The molecule has 0 saturated carbocycles. The monoisotopic (exact) mass is 1180 g/mol. The van der Waals surface area contributed by atoms with Gasteiger partial charge in [-0.1, -0.05) is 139 Å². The Kier molecular flexibility index (Phi) is 40.2. The fourth-order valence-electron chi connectivity index (χ4n) is 7.51. The second-order valence-corrected chi connectivity index (χ2v) is 21.2. The number of rotatable bonds is 30. The Labute approximate surface area is 493 Å². The van der Waals surface area contributed by atoms with E-state index in [4.69, 9.17) is 72.4 Å². The Hall–Kier alpha value is -4.73. The van der Waals surface area contributed by atoms with E-state index in [-0.39, 0.29) is 63.3 Å². The first-order valence-electron chi connectivity index (χ1n) is 29.1. The smallest absolute Gasteiger partial charge is 0.162 e. The van der Waals surface area contributed by atoms with Gasteiger partial charge in [0, 0.05) is 16.7 Å². The Morgan fingerprint density at radius 2 is 0.840 bits per heavy atom. The van der Waals surface area contributed by atoms with Gasteiger partial charge in [0.05, 0.1) is 38.1 Å². The minimum Gasteiger partial charge on any atom is -0.488 e. The number of aliphatic hydroxyl groups excluding tert-OH is 5. The van der Waals surface area contributed by atoms with Gasteiger partial charge in [-0.15, -0.1) is 0 Å². The van der Waals surface area contributed by atoms with E-state index in [9.17, 15) is 13.2 Å². The number of hydrogen-bond donors (Lipinski definition) is 5. The largest absolute Gasteiger partial charge is 0.488 e. The zero-order valence-electron chi connectivity index (χ0n) is 50.2. The highest BCUT2D eigenvalue weighted by molar-refractivity contribution is 6.32. The summed E-state index contributed by atoms with van der Waals surface area (Å²) in [6.45, 7) is 21.7. The molecular formula is C66H97Cl2F3O10. The average molecular weight is 1180 g/mol. The first-order valence-corrected chi connectivity index (χ1v) is 29.8. The summed E-state index contributed by atoms with van der Waals surface area (Å²) in [6, 6.07) is 26.6. The molecule has 5 N–H and O–H groups in total. The average Bonchev–Trinajstić information content (AvgIpc) is 3.46. The van der Waals surface area contributed by atoms with Gasteiger partial charge >= 0.3 is 0 Å². The van der Waals surface area contributed by atoms with Crippen LogP contribution in [0.3, 0.4) is 0 Å². The van der Waals surface area contributed by atoms with E-state index in [1.54, 1.807) is 26.0 Å². The molecule has 0 saturated heterocycles. The first-order chi connectivity index (χ1) is 38.8. The molecule has 0 aliphatic rings. The van der Waals surface area contributed by atoms with Crippen LogP contribution in [0.15, 0.2) is 91.0 Å². The summed E-state index contributed by atoms with van der Waals surface area (Å²) in [5.74, 6) is 1.94. The Bertz CT molecular complexity index is 2390. The maximum absolute atomic E-state index is 13.6. The highest BCUT2D eigenvalue weighted by atomic mass is 35.5. The summed E-state index contributed by atoms with van der Waals surface area (Å²) in [6.07, 6.45) is 12.5. The molecule has 10 nitrogen and oxygen atoms in total. The van der Waals surface area contributed by atoms with Crippen LogP contribution >= 0.6 is 23.2 Å². The Morgan fingerprint density at radius 3 is 1.38 bits per heavy atom. The maximum Gasteiger partial charge on any atom is 0.162 e. The van der Waals surface area contributed by atoms with Gasteiger partial charge in [0.25, 0.3) is 0 Å². The second-order valence-electron chi connectivity index (χ2n) is 20.4. The van der Waals surface area contributed by atoms with E-state index in [1.165, 1.54) is 24.1 Å². The fraction of sp³-hybridized carbons (Fsp3) is 0.545. The topological polar surface area (TPSA) is 147 Å². The summed E-state index contributed by atoms with van der Waals surface area (Å²) < 4.78 is 67.7. The quantitative estimate of drug-likeness (QED) is 0.0301. The third kappa shape index (κ3) is 30.4. The van der Waals surface area contributed by atoms with Crippen molar-refractivity contribution >= 4 is 23.2 Å². The molecule has 0 spiro atoms. The number of hydrogen-bond acceptors (Lipinski definition) is 10. The fourth-order valence-corrected chi connectivity index (χ4v) is 7.91. The van der Waals surface area contributed by atoms with Gasteiger partial charge in [-0.25, -0.2) is 13.2 Å². The molecule has 15 heteroatoms. The molecule has 456 valence electrons. The van der Waals surface area contributed by atoms with E-state index >= 15 is 0 Å². The van der Waals surface area contributed by atoms with Crippen molar-refractivity contribution in [2.75, 3.05) is 33.0 Å². The summed E-state index contributed by atoms with van der Waals surface area (Å²) in [5.41, 5.74) is 4.77. The second kappa shape index (κ2) is 43.9. The van der Waals surface area contributed by atoms with E-state index in [2.05, 4.69) is 40.7 Å². The van der Waals surface area contributed by atoms with E-state index < -0.39 is 17.7 Å². The number of benzene rings is 5. The molecule has 0 amide bonds. The van der Waals surface area contributed by atoms with Crippen molar-refractivity contribution in [2.24, 2.45) is 5.92 Å². The third-order valence-electron chi connectivity index (χ3n) is 12.6. The molecule has 81 heavy (non-hydrogen) atoms. The first kappa shape index (κ1) is 74.3. The van der Waals surface area contributed by atoms with Crippen LogP contribution in [0.5, 0.6) is 28.7 Å². The molecule has 0 radical (unpaired) electrons. The van der Waals surface area contributed by atoms with Crippen LogP contribution in [0.4, 0.5) is 13.2 Å². The lowest BCUT2D eigenvalue weighted by Crippen LogP contribution is -2.17. The SMILES string of the molecule is CCC(C)Cc1ccccc1OC(C)CO.CCCCc1c(F)cccc1OC(C)CO.CCCCc1cc(F)c(F)cc1OC(C)CO.CCCCc1ccc(Cl)cc1OC(C)CO.CCCCc1cccc(Cl)c1OC(C)CO. The lowest BCUT2D eigenvalue weighted by molar-refractivity contribution is 0.128. The van der Waals surface area contributed by atoms with E-state index in [0.717, 1.165) is 105 Å². The van der Waals surface area contributed by atoms with Crippen LogP contribution in [0, 0.1) is 23.4 Å². The van der Waals surface area contributed by atoms with Crippen LogP contribution in [-0.2, 0) is 32.1 Å². The minimum atomic E-state index is -0.926. The highest BCUT2D eigenvalue weighted by Crippen LogP contribution is 2.32. The number of ether oxygens (including phenoxy) is 5. The van der Waals surface area contributed by atoms with Crippen molar-refractivity contribution < 1.29 is 62.4 Å². The van der Waals surface area contributed by atoms with Crippen molar-refractivity contribution in [3.05, 3.63) is 146 Å². The number of aliphatic hydroxyl groups is 5. The lowest BCUT2D eigenvalue weighted by atomic mass is 9.98. The molecule has 5 rings (SSSR count). The summed E-state index contributed by atoms with van der Waals surface area (Å²) in [4.78, 5) is 0. The standard InChI is InChI=1S/C14H22O2.2C13H19ClO2.C13H18F2O2.C13H19FO2/c1-4-11(2)9-13-7-5-6-8-14(13)16-12(3)10-15;1-3-4-6-11-7-5-8-12(14)13(11)16-10(2)9-15;1-3-4-5-11-6-7-12(14)8-13(11)16-10(2)9-15;1-3-4-5-10-6-11(14)12(15)7-13(10)17-9(2)8-16;1-3-4-6-11-12(14)7-5-8-13(11)16-10(2)9-15/h5-8,11-12,15H,4,9-10H2,1-3H3;5,7-8,10,15H,3-4,6,9H2,1-2H3;6-8,10,15H,3-5,9H2,1-2H3;6-7,9,16H,3-5,8H2,1-2H3;5,7-8,10,15H,3-4,6,9H2,1-2H3. The van der Waals surface area contributed by atoms with Gasteiger partial charge in [-0.05, 0) is 163 Å². The number of unbranched alkanes of at least 4 members (excludes halogenated alkanes) is 4. The predicted molar refractivity (Wildman–Crippen MR) is 326 cm³/mol. The van der Waals surface area contributed by atoms with E-state index in [0.29, 0.717) is 51.4 Å². The zero-order chi connectivity index (χ0) is 60.7. The molecule has 6 atom stereocenters. The van der Waals surface area contributed by atoms with E-state index in [1.807, 2.05) is 82.3 Å². The van der Waals surface area contributed by atoms with Crippen LogP contribution in [-0.4, -0.2) is 89.1 Å². The van der Waals surface area contributed by atoms with Crippen molar-refractivity contribution in [1.29, 1.82) is 0 Å². The van der Waals surface area contributed by atoms with Crippen molar-refractivity contribution in [2.45, 2.75) is 197 Å². The molecule has 0 fully saturated rings. The molecule has 0 aromatic heterocycles. The van der Waals surface area contributed by atoms with Crippen LogP contribution < -0.4 is 23.7 Å². The predicted octanol–water partition coefficient (Wildman–Crippen LogP) is 15.9. The molecule has 5 aromatic rings. The molecular weight excluding hydrogens is 1080 g/mol. The number of para-hydroxylation sites is 2. The highest BCUT2D eigenvalue weighted by Gasteiger charge is 2.16.